The molecule has 0 spiro atoms. The summed E-state index contributed by atoms with van der Waals surface area (Å²) in [6.45, 7) is 1.94. The monoisotopic (exact) mass is 266 g/mol. The topological polar surface area (TPSA) is 0 Å². The maximum atomic E-state index is 12.9. The first kappa shape index (κ1) is 11.5. The van der Waals surface area contributed by atoms with Gasteiger partial charge < -0.3 is 0 Å². The largest absolute Gasteiger partial charge is 0.417 e. The molecule has 0 bridgehead atoms. The molecular weight excluding hydrogens is 257 g/mol. The fourth-order valence-electron chi connectivity index (χ4n) is 2.13. The second kappa shape index (κ2) is 3.72. The van der Waals surface area contributed by atoms with Gasteiger partial charge in [0.25, 0.3) is 0 Å². The van der Waals surface area contributed by atoms with Gasteiger partial charge in [0.2, 0.25) is 0 Å². The van der Waals surface area contributed by atoms with E-state index in [4.69, 9.17) is 0 Å². The van der Waals surface area contributed by atoms with Gasteiger partial charge in [-0.05, 0) is 24.6 Å². The lowest BCUT2D eigenvalue weighted by Crippen LogP contribution is -2.04. The average Bonchev–Trinajstić information content (AvgIpc) is 2.64. The number of hydrogen-bond donors (Lipinski definition) is 0. The van der Waals surface area contributed by atoms with E-state index >= 15 is 0 Å². The molecule has 1 heterocycles. The molecule has 0 aliphatic heterocycles. The quantitative estimate of drug-likeness (QED) is 0.512. The number of benzene rings is 2. The third kappa shape index (κ3) is 1.68. The fraction of sp³-hybridized carbons (Fsp3) is 0.143. The highest BCUT2D eigenvalue weighted by molar-refractivity contribution is 7.26. The minimum atomic E-state index is -4.30. The molecule has 0 nitrogen and oxygen atoms in total. The minimum Gasteiger partial charge on any atom is -0.166 e. The Kier molecular flexibility index (Phi) is 2.38. The maximum absolute atomic E-state index is 12.9. The normalized spacial score (nSPS) is 12.4. The third-order valence-electron chi connectivity index (χ3n) is 2.96. The Morgan fingerprint density at radius 3 is 2.50 bits per heavy atom. The molecule has 0 N–H and O–H groups in total. The van der Waals surface area contributed by atoms with Crippen LogP contribution in [0.15, 0.2) is 36.4 Å². The smallest absolute Gasteiger partial charge is 0.166 e. The number of aryl methyl sites for hydroxylation is 1. The Hall–Kier alpha value is -1.55. The van der Waals surface area contributed by atoms with E-state index in [1.165, 1.54) is 17.4 Å². The molecule has 0 amide bonds. The van der Waals surface area contributed by atoms with Crippen LogP contribution < -0.4 is 0 Å². The van der Waals surface area contributed by atoms with Gasteiger partial charge in [-0.1, -0.05) is 24.3 Å². The molecule has 0 atom stereocenters. The lowest BCUT2D eigenvalue weighted by molar-refractivity contribution is -0.136. The van der Waals surface area contributed by atoms with E-state index in [1.54, 1.807) is 6.07 Å². The molecule has 0 unspecified atom stereocenters. The van der Waals surface area contributed by atoms with Crippen LogP contribution in [-0.2, 0) is 6.18 Å². The van der Waals surface area contributed by atoms with Crippen LogP contribution in [-0.4, -0.2) is 0 Å². The Labute approximate surface area is 106 Å². The summed E-state index contributed by atoms with van der Waals surface area (Å²) in [6.07, 6.45) is -4.30. The summed E-state index contributed by atoms with van der Waals surface area (Å²) in [5, 5.41) is 1.58. The molecule has 0 radical (unpaired) electrons. The average molecular weight is 266 g/mol. The van der Waals surface area contributed by atoms with Crippen molar-refractivity contribution < 1.29 is 13.2 Å². The molecule has 0 saturated carbocycles. The van der Waals surface area contributed by atoms with Crippen molar-refractivity contribution in [3.8, 4) is 0 Å². The zero-order chi connectivity index (χ0) is 12.9. The number of fused-ring (bicyclic) bond motifs is 3. The summed E-state index contributed by atoms with van der Waals surface area (Å²) in [4.78, 5) is 0. The van der Waals surface area contributed by atoms with Gasteiger partial charge in [-0.2, -0.15) is 13.2 Å². The minimum absolute atomic E-state index is 0.325. The summed E-state index contributed by atoms with van der Waals surface area (Å²) >= 11 is 1.21. The van der Waals surface area contributed by atoms with Gasteiger partial charge in [-0.3, -0.25) is 0 Å². The Morgan fingerprint density at radius 1 is 1.00 bits per heavy atom. The van der Waals surface area contributed by atoms with Crippen molar-refractivity contribution in [3.63, 3.8) is 0 Å². The Bertz CT molecular complexity index is 738. The van der Waals surface area contributed by atoms with E-state index in [0.717, 1.165) is 21.7 Å². The predicted octanol–water partition coefficient (Wildman–Crippen LogP) is 5.38. The van der Waals surface area contributed by atoms with Crippen molar-refractivity contribution in [2.75, 3.05) is 0 Å². The molecular formula is C14H9F3S. The number of thiophene rings is 1. The van der Waals surface area contributed by atoms with Crippen LogP contribution in [0.3, 0.4) is 0 Å². The van der Waals surface area contributed by atoms with E-state index in [9.17, 15) is 13.2 Å². The number of rotatable bonds is 0. The summed E-state index contributed by atoms with van der Waals surface area (Å²) in [5.74, 6) is 0. The van der Waals surface area contributed by atoms with E-state index in [1.807, 2.05) is 25.1 Å². The zero-order valence-electron chi connectivity index (χ0n) is 9.51. The summed E-state index contributed by atoms with van der Waals surface area (Å²) in [5.41, 5.74) is 0.515. The van der Waals surface area contributed by atoms with Crippen LogP contribution in [0.5, 0.6) is 0 Å². The summed E-state index contributed by atoms with van der Waals surface area (Å²) in [6, 6.07) is 10.1. The first-order valence-corrected chi connectivity index (χ1v) is 6.27. The molecule has 0 aliphatic rings. The van der Waals surface area contributed by atoms with Crippen molar-refractivity contribution >= 4 is 31.5 Å². The van der Waals surface area contributed by atoms with Crippen LogP contribution in [0.4, 0.5) is 13.2 Å². The fourth-order valence-corrected chi connectivity index (χ4v) is 3.46. The van der Waals surface area contributed by atoms with Gasteiger partial charge in [0.1, 0.15) is 0 Å². The number of halogens is 3. The van der Waals surface area contributed by atoms with Gasteiger partial charge in [-0.15, -0.1) is 11.3 Å². The van der Waals surface area contributed by atoms with E-state index in [-0.39, 0.29) is 0 Å². The van der Waals surface area contributed by atoms with E-state index in [0.29, 0.717) is 10.1 Å². The van der Waals surface area contributed by atoms with Gasteiger partial charge >= 0.3 is 6.18 Å². The molecule has 92 valence electrons. The molecule has 3 rings (SSSR count). The lowest BCUT2D eigenvalue weighted by Gasteiger charge is -2.06. The van der Waals surface area contributed by atoms with Gasteiger partial charge in [0.05, 0.1) is 5.56 Å². The van der Waals surface area contributed by atoms with Crippen LogP contribution in [0, 0.1) is 6.92 Å². The second-order valence-electron chi connectivity index (χ2n) is 4.28. The zero-order valence-corrected chi connectivity index (χ0v) is 10.3. The Morgan fingerprint density at radius 2 is 1.78 bits per heavy atom. The first-order valence-electron chi connectivity index (χ1n) is 5.46. The Balaban J connectivity index is 2.46. The second-order valence-corrected chi connectivity index (χ2v) is 5.33. The van der Waals surface area contributed by atoms with Crippen LogP contribution in [0.1, 0.15) is 11.1 Å². The van der Waals surface area contributed by atoms with Crippen molar-refractivity contribution in [1.82, 2.24) is 0 Å². The van der Waals surface area contributed by atoms with Gasteiger partial charge in [0, 0.05) is 20.2 Å². The number of hydrogen-bond acceptors (Lipinski definition) is 1. The van der Waals surface area contributed by atoms with Crippen LogP contribution in [0.25, 0.3) is 20.2 Å². The van der Waals surface area contributed by atoms with Gasteiger partial charge in [0.15, 0.2) is 0 Å². The molecule has 4 heteroatoms. The standard InChI is InChI=1S/C14H9F3S/c1-8-5-6-9-10-3-2-4-11(14(15,16)17)13(10)18-12(9)7-8/h2-7H,1H3. The molecule has 0 saturated heterocycles. The van der Waals surface area contributed by atoms with Crippen molar-refractivity contribution in [1.29, 1.82) is 0 Å². The van der Waals surface area contributed by atoms with Crippen LogP contribution >= 0.6 is 11.3 Å². The molecule has 0 fully saturated rings. The predicted molar refractivity (Wildman–Crippen MR) is 69.1 cm³/mol. The highest BCUT2D eigenvalue weighted by Crippen LogP contribution is 2.42. The first-order chi connectivity index (χ1) is 8.47. The number of alkyl halides is 3. The van der Waals surface area contributed by atoms with Crippen LogP contribution in [0.2, 0.25) is 0 Å². The third-order valence-corrected chi connectivity index (χ3v) is 4.16. The highest BCUT2D eigenvalue weighted by atomic mass is 32.1. The molecule has 3 aromatic rings. The molecule has 18 heavy (non-hydrogen) atoms. The van der Waals surface area contributed by atoms with Gasteiger partial charge in [-0.25, -0.2) is 0 Å². The summed E-state index contributed by atoms with van der Waals surface area (Å²) in [7, 11) is 0. The van der Waals surface area contributed by atoms with Crippen molar-refractivity contribution in [3.05, 3.63) is 47.5 Å². The SMILES string of the molecule is Cc1ccc2c(c1)sc1c(C(F)(F)F)cccc12. The molecule has 2 aromatic carbocycles. The van der Waals surface area contributed by atoms with E-state index < -0.39 is 11.7 Å². The molecule has 1 aromatic heterocycles. The summed E-state index contributed by atoms with van der Waals surface area (Å²) < 4.78 is 40.0. The van der Waals surface area contributed by atoms with Crippen molar-refractivity contribution in [2.45, 2.75) is 13.1 Å². The van der Waals surface area contributed by atoms with E-state index in [2.05, 4.69) is 0 Å². The molecule has 0 aliphatic carbocycles. The highest BCUT2D eigenvalue weighted by Gasteiger charge is 2.33. The maximum Gasteiger partial charge on any atom is 0.417 e. The van der Waals surface area contributed by atoms with Crippen molar-refractivity contribution in [2.24, 2.45) is 0 Å². The lowest BCUT2D eigenvalue weighted by atomic mass is 10.1.